The topological polar surface area (TPSA) is 100 Å². The zero-order valence-corrected chi connectivity index (χ0v) is 19.6. The fourth-order valence-electron chi connectivity index (χ4n) is 4.15. The Morgan fingerprint density at radius 1 is 1.34 bits per heavy atom. The molecule has 3 aromatic heterocycles. The first-order valence-corrected chi connectivity index (χ1v) is 11.9. The summed E-state index contributed by atoms with van der Waals surface area (Å²) in [5.74, 6) is -0.462. The first kappa shape index (κ1) is 23.2. The number of rotatable bonds is 7. The molecular formula is C23H23F2N7O2S. The van der Waals surface area contributed by atoms with Gasteiger partial charge in [0.15, 0.2) is 5.65 Å². The summed E-state index contributed by atoms with van der Waals surface area (Å²) in [7, 11) is 2.09. The van der Waals surface area contributed by atoms with Crippen molar-refractivity contribution in [2.75, 3.05) is 25.5 Å². The van der Waals surface area contributed by atoms with Crippen molar-refractivity contribution >= 4 is 29.0 Å². The Morgan fingerprint density at radius 3 is 3.06 bits per heavy atom. The van der Waals surface area contributed by atoms with Crippen molar-refractivity contribution < 1.29 is 18.3 Å². The number of halogens is 2. The number of piperidine rings is 1. The van der Waals surface area contributed by atoms with Gasteiger partial charge in [-0.15, -0.1) is 11.8 Å². The Balaban J connectivity index is 1.44. The third-order valence-electron chi connectivity index (χ3n) is 5.73. The number of anilines is 1. The monoisotopic (exact) mass is 499 g/mol. The van der Waals surface area contributed by atoms with E-state index in [1.807, 2.05) is 0 Å². The van der Waals surface area contributed by atoms with Gasteiger partial charge in [-0.2, -0.15) is 19.0 Å². The number of amides is 1. The molecule has 1 aromatic carbocycles. The number of carbonyl (C=O) groups is 1. The molecule has 1 atom stereocenters. The van der Waals surface area contributed by atoms with Crippen LogP contribution in [0.15, 0.2) is 53.9 Å². The van der Waals surface area contributed by atoms with E-state index in [-0.39, 0.29) is 11.3 Å². The van der Waals surface area contributed by atoms with Gasteiger partial charge in [0, 0.05) is 34.6 Å². The Bertz CT molecular complexity index is 1340. The molecule has 1 saturated heterocycles. The number of nitrogens with zero attached hydrogens (tertiary/aromatic N) is 5. The molecule has 0 bridgehead atoms. The van der Waals surface area contributed by atoms with Crippen LogP contribution in [0.4, 0.5) is 14.5 Å². The minimum Gasteiger partial charge on any atom is -0.434 e. The number of fused-ring (bicyclic) bond motifs is 1. The van der Waals surface area contributed by atoms with Gasteiger partial charge in [-0.25, -0.2) is 9.50 Å². The van der Waals surface area contributed by atoms with Crippen LogP contribution in [0.25, 0.3) is 16.9 Å². The largest absolute Gasteiger partial charge is 0.434 e. The zero-order chi connectivity index (χ0) is 24.4. The molecule has 0 aliphatic carbocycles. The van der Waals surface area contributed by atoms with E-state index in [0.29, 0.717) is 27.8 Å². The molecule has 12 heteroatoms. The molecule has 0 radical (unpaired) electrons. The molecule has 5 rings (SSSR count). The summed E-state index contributed by atoms with van der Waals surface area (Å²) in [6.07, 6.45) is 8.29. The van der Waals surface area contributed by atoms with Gasteiger partial charge in [0.2, 0.25) is 0 Å². The van der Waals surface area contributed by atoms with Crippen LogP contribution in [0, 0.1) is 0 Å². The summed E-state index contributed by atoms with van der Waals surface area (Å²) >= 11 is 1.70. The third kappa shape index (κ3) is 5.13. The van der Waals surface area contributed by atoms with E-state index >= 15 is 0 Å². The van der Waals surface area contributed by atoms with Crippen LogP contribution in [-0.2, 0) is 0 Å². The van der Waals surface area contributed by atoms with Gasteiger partial charge >= 0.3 is 6.61 Å². The molecule has 0 saturated carbocycles. The fraction of sp³-hybridized carbons (Fsp3) is 0.304. The zero-order valence-electron chi connectivity index (χ0n) is 18.8. The number of nitrogens with one attached hydrogen (secondary N) is 2. The summed E-state index contributed by atoms with van der Waals surface area (Å²) in [6.45, 7) is -0.970. The van der Waals surface area contributed by atoms with E-state index in [9.17, 15) is 13.6 Å². The van der Waals surface area contributed by atoms with Crippen molar-refractivity contribution in [1.82, 2.24) is 29.7 Å². The smallest absolute Gasteiger partial charge is 0.387 e. The van der Waals surface area contributed by atoms with Crippen LogP contribution in [0.1, 0.15) is 23.2 Å². The van der Waals surface area contributed by atoms with Gasteiger partial charge in [0.1, 0.15) is 11.3 Å². The number of alkyl halides is 2. The summed E-state index contributed by atoms with van der Waals surface area (Å²) in [5.41, 5.74) is 1.73. The third-order valence-corrected chi connectivity index (χ3v) is 6.98. The molecule has 2 N–H and O–H groups in total. The van der Waals surface area contributed by atoms with Crippen LogP contribution in [0.3, 0.4) is 0 Å². The Kier molecular flexibility index (Phi) is 6.64. The summed E-state index contributed by atoms with van der Waals surface area (Å²) < 4.78 is 32.6. The van der Waals surface area contributed by atoms with Crippen LogP contribution in [0.5, 0.6) is 5.75 Å². The van der Waals surface area contributed by atoms with Gasteiger partial charge in [0.25, 0.3) is 5.91 Å². The molecular weight excluding hydrogens is 476 g/mol. The average molecular weight is 500 g/mol. The van der Waals surface area contributed by atoms with E-state index in [0.717, 1.165) is 30.8 Å². The molecule has 182 valence electrons. The molecule has 1 aliphatic rings. The highest BCUT2D eigenvalue weighted by Gasteiger charge is 2.22. The number of thioether (sulfide) groups is 1. The van der Waals surface area contributed by atoms with Crippen molar-refractivity contribution in [2.24, 2.45) is 0 Å². The van der Waals surface area contributed by atoms with Crippen LogP contribution in [-0.4, -0.2) is 67.6 Å². The highest BCUT2D eigenvalue weighted by Crippen LogP contribution is 2.39. The van der Waals surface area contributed by atoms with E-state index in [2.05, 4.69) is 37.5 Å². The maximum absolute atomic E-state index is 13.2. The second-order valence-electron chi connectivity index (χ2n) is 8.24. The number of aromatic nitrogens is 5. The van der Waals surface area contributed by atoms with E-state index in [1.165, 1.54) is 23.0 Å². The molecule has 1 amide bonds. The first-order valence-electron chi connectivity index (χ1n) is 11.1. The number of hydrogen-bond donors (Lipinski definition) is 2. The summed E-state index contributed by atoms with van der Waals surface area (Å²) in [4.78, 5) is 20.4. The van der Waals surface area contributed by atoms with Crippen LogP contribution in [0.2, 0.25) is 0 Å². The second-order valence-corrected chi connectivity index (χ2v) is 9.61. The average Bonchev–Trinajstić information content (AvgIpc) is 3.47. The number of ether oxygens (including phenoxy) is 1. The molecule has 0 spiro atoms. The van der Waals surface area contributed by atoms with Crippen molar-refractivity contribution in [1.29, 1.82) is 0 Å². The fourth-order valence-corrected chi connectivity index (χ4v) is 5.48. The molecule has 4 aromatic rings. The number of likely N-dealkylation sites (tertiary alicyclic amines) is 1. The molecule has 4 heterocycles. The Hall–Kier alpha value is -3.51. The van der Waals surface area contributed by atoms with Gasteiger partial charge in [0.05, 0.1) is 23.8 Å². The Morgan fingerprint density at radius 2 is 2.23 bits per heavy atom. The van der Waals surface area contributed by atoms with E-state index < -0.39 is 12.5 Å². The standard InChI is InChI=1S/C23H23F2N7O2S/c1-31-8-2-4-15(13-31)35-14-5-6-19(34-23(24)25)16(10-14)20-18(12-27-30-20)29-22(33)17-11-28-32-9-3-7-26-21(17)32/h3,5-7,9-12,15,23H,2,4,8,13H2,1H3,(H,27,30)(H,29,33). The maximum atomic E-state index is 13.2. The van der Waals surface area contributed by atoms with Crippen molar-refractivity contribution in [3.63, 3.8) is 0 Å². The van der Waals surface area contributed by atoms with Crippen molar-refractivity contribution in [3.8, 4) is 17.0 Å². The number of hydrogen-bond acceptors (Lipinski definition) is 7. The quantitative estimate of drug-likeness (QED) is 0.394. The first-order chi connectivity index (χ1) is 17.0. The minimum absolute atomic E-state index is 0.0116. The van der Waals surface area contributed by atoms with Gasteiger partial charge < -0.3 is 15.0 Å². The van der Waals surface area contributed by atoms with Crippen molar-refractivity contribution in [2.45, 2.75) is 29.6 Å². The van der Waals surface area contributed by atoms with Crippen molar-refractivity contribution in [3.05, 3.63) is 54.6 Å². The van der Waals surface area contributed by atoms with Crippen LogP contribution < -0.4 is 10.1 Å². The lowest BCUT2D eigenvalue weighted by molar-refractivity contribution is -0.0494. The predicted molar refractivity (Wildman–Crippen MR) is 128 cm³/mol. The van der Waals surface area contributed by atoms with Crippen LogP contribution >= 0.6 is 11.8 Å². The van der Waals surface area contributed by atoms with E-state index in [4.69, 9.17) is 4.74 Å². The van der Waals surface area contributed by atoms with E-state index in [1.54, 1.807) is 42.4 Å². The normalized spacial score (nSPS) is 16.6. The number of benzene rings is 1. The highest BCUT2D eigenvalue weighted by molar-refractivity contribution is 8.00. The number of carbonyl (C=O) groups excluding carboxylic acids is 1. The summed E-state index contributed by atoms with van der Waals surface area (Å²) in [6, 6.07) is 6.80. The maximum Gasteiger partial charge on any atom is 0.387 e. The molecule has 9 nitrogen and oxygen atoms in total. The predicted octanol–water partition coefficient (Wildman–Crippen LogP) is 4.16. The summed E-state index contributed by atoms with van der Waals surface area (Å²) in [5, 5.41) is 14.2. The lowest BCUT2D eigenvalue weighted by atomic mass is 10.1. The molecule has 35 heavy (non-hydrogen) atoms. The molecule has 1 fully saturated rings. The molecule has 1 unspecified atom stereocenters. The second kappa shape index (κ2) is 10.0. The SMILES string of the molecule is CN1CCCC(Sc2ccc(OC(F)F)c(-c3[nH]ncc3NC(=O)c3cnn4cccnc34)c2)C1. The van der Waals surface area contributed by atoms with Gasteiger partial charge in [-0.1, -0.05) is 0 Å². The Labute approximate surface area is 203 Å². The number of aromatic amines is 1. The minimum atomic E-state index is -3.00. The molecule has 1 aliphatic heterocycles. The highest BCUT2D eigenvalue weighted by atomic mass is 32.2. The lowest BCUT2D eigenvalue weighted by Gasteiger charge is -2.29. The number of H-pyrrole nitrogens is 1. The lowest BCUT2D eigenvalue weighted by Crippen LogP contribution is -2.33. The van der Waals surface area contributed by atoms with Gasteiger partial charge in [-0.3, -0.25) is 9.89 Å². The van der Waals surface area contributed by atoms with Gasteiger partial charge in [-0.05, 0) is 50.7 Å².